The van der Waals surface area contributed by atoms with Gasteiger partial charge in [0, 0.05) is 12.2 Å². The van der Waals surface area contributed by atoms with Crippen LogP contribution in [0.2, 0.25) is 0 Å². The second kappa shape index (κ2) is 4.94. The van der Waals surface area contributed by atoms with Crippen molar-refractivity contribution < 1.29 is 0 Å². The first-order valence-corrected chi connectivity index (χ1v) is 5.68. The Bertz CT molecular complexity index is 433. The normalized spacial score (nSPS) is 12.6. The Labute approximate surface area is 95.9 Å². The Morgan fingerprint density at radius 1 is 1.25 bits per heavy atom. The van der Waals surface area contributed by atoms with E-state index in [4.69, 9.17) is 5.73 Å². The molecule has 0 bridgehead atoms. The first-order chi connectivity index (χ1) is 7.83. The van der Waals surface area contributed by atoms with Crippen molar-refractivity contribution in [3.63, 3.8) is 0 Å². The number of para-hydroxylation sites is 1. The van der Waals surface area contributed by atoms with Gasteiger partial charge in [-0.3, -0.25) is 0 Å². The maximum atomic E-state index is 6.13. The van der Waals surface area contributed by atoms with E-state index in [1.54, 1.807) is 6.20 Å². The van der Waals surface area contributed by atoms with Gasteiger partial charge in [-0.15, -0.1) is 0 Å². The van der Waals surface area contributed by atoms with Gasteiger partial charge < -0.3 is 5.73 Å². The summed E-state index contributed by atoms with van der Waals surface area (Å²) in [5.41, 5.74) is 8.27. The molecule has 2 aromatic rings. The van der Waals surface area contributed by atoms with Crippen LogP contribution in [0.15, 0.2) is 42.6 Å². The molecule has 0 spiro atoms. The lowest BCUT2D eigenvalue weighted by Crippen LogP contribution is -2.15. The summed E-state index contributed by atoms with van der Waals surface area (Å²) in [6, 6.07) is 12.1. The summed E-state index contributed by atoms with van der Waals surface area (Å²) in [6.45, 7) is 2.14. The van der Waals surface area contributed by atoms with Gasteiger partial charge in [-0.05, 0) is 24.6 Å². The maximum Gasteiger partial charge on any atom is 0.0649 e. The van der Waals surface area contributed by atoms with Crippen LogP contribution in [-0.2, 0) is 0 Å². The molecule has 0 aliphatic carbocycles. The minimum absolute atomic E-state index is 0.0627. The van der Waals surface area contributed by atoms with E-state index in [-0.39, 0.29) is 6.04 Å². The highest BCUT2D eigenvalue weighted by Crippen LogP contribution is 2.18. The highest BCUT2D eigenvalue weighted by atomic mass is 15.3. The topological polar surface area (TPSA) is 43.8 Å². The molecule has 1 unspecified atom stereocenters. The van der Waals surface area contributed by atoms with E-state index in [2.05, 4.69) is 12.0 Å². The molecule has 3 heteroatoms. The fourth-order valence-electron chi connectivity index (χ4n) is 1.84. The van der Waals surface area contributed by atoms with Gasteiger partial charge in [0.25, 0.3) is 0 Å². The lowest BCUT2D eigenvalue weighted by molar-refractivity contribution is 0.597. The van der Waals surface area contributed by atoms with Crippen molar-refractivity contribution in [1.29, 1.82) is 0 Å². The first-order valence-electron chi connectivity index (χ1n) is 5.68. The number of aromatic nitrogens is 2. The average molecular weight is 215 g/mol. The molecule has 0 saturated carbocycles. The molecule has 0 radical (unpaired) electrons. The van der Waals surface area contributed by atoms with Crippen LogP contribution in [0, 0.1) is 0 Å². The van der Waals surface area contributed by atoms with Gasteiger partial charge in [0.15, 0.2) is 0 Å². The van der Waals surface area contributed by atoms with Gasteiger partial charge in [0.2, 0.25) is 0 Å². The molecule has 2 N–H and O–H groups in total. The molecular weight excluding hydrogens is 198 g/mol. The molecule has 1 aromatic carbocycles. The number of hydrogen-bond donors (Lipinski definition) is 1. The van der Waals surface area contributed by atoms with Crippen molar-refractivity contribution in [3.8, 4) is 5.69 Å². The van der Waals surface area contributed by atoms with Crippen LogP contribution < -0.4 is 5.73 Å². The van der Waals surface area contributed by atoms with Crippen molar-refractivity contribution in [2.75, 3.05) is 0 Å². The third kappa shape index (κ3) is 2.14. The fourth-order valence-corrected chi connectivity index (χ4v) is 1.84. The summed E-state index contributed by atoms with van der Waals surface area (Å²) < 4.78 is 1.92. The van der Waals surface area contributed by atoms with Crippen molar-refractivity contribution in [3.05, 3.63) is 48.3 Å². The van der Waals surface area contributed by atoms with E-state index >= 15 is 0 Å². The van der Waals surface area contributed by atoms with Crippen LogP contribution in [0.1, 0.15) is 31.5 Å². The van der Waals surface area contributed by atoms with Crippen LogP contribution in [0.3, 0.4) is 0 Å². The van der Waals surface area contributed by atoms with E-state index in [0.29, 0.717) is 0 Å². The van der Waals surface area contributed by atoms with Crippen LogP contribution in [0.25, 0.3) is 5.69 Å². The summed E-state index contributed by atoms with van der Waals surface area (Å²) in [5, 5.41) is 4.33. The van der Waals surface area contributed by atoms with Crippen molar-refractivity contribution in [2.24, 2.45) is 5.73 Å². The Morgan fingerprint density at radius 2 is 2.00 bits per heavy atom. The lowest BCUT2D eigenvalue weighted by Gasteiger charge is -2.13. The molecule has 3 nitrogen and oxygen atoms in total. The number of nitrogens with zero attached hydrogens (tertiary/aromatic N) is 2. The number of hydrogen-bond acceptors (Lipinski definition) is 2. The molecule has 1 heterocycles. The van der Waals surface area contributed by atoms with Crippen molar-refractivity contribution in [1.82, 2.24) is 9.78 Å². The Morgan fingerprint density at radius 3 is 2.69 bits per heavy atom. The molecule has 1 atom stereocenters. The molecule has 2 rings (SSSR count). The predicted octanol–water partition coefficient (Wildman–Crippen LogP) is 2.67. The molecule has 0 fully saturated rings. The van der Waals surface area contributed by atoms with E-state index in [1.165, 1.54) is 0 Å². The van der Waals surface area contributed by atoms with Crippen LogP contribution in [0.4, 0.5) is 0 Å². The summed E-state index contributed by atoms with van der Waals surface area (Å²) in [6.07, 6.45) is 3.87. The van der Waals surface area contributed by atoms with Gasteiger partial charge in [-0.2, -0.15) is 5.10 Å². The summed E-state index contributed by atoms with van der Waals surface area (Å²) in [4.78, 5) is 0. The van der Waals surface area contributed by atoms with Crippen LogP contribution >= 0.6 is 0 Å². The fraction of sp³-hybridized carbons (Fsp3) is 0.308. The number of benzene rings is 1. The summed E-state index contributed by atoms with van der Waals surface area (Å²) in [7, 11) is 0. The van der Waals surface area contributed by atoms with E-state index in [9.17, 15) is 0 Å². The molecule has 0 aliphatic heterocycles. The first kappa shape index (κ1) is 10.9. The quantitative estimate of drug-likeness (QED) is 0.852. The molecule has 0 amide bonds. The highest BCUT2D eigenvalue weighted by molar-refractivity contribution is 5.32. The third-order valence-corrected chi connectivity index (χ3v) is 2.65. The predicted molar refractivity (Wildman–Crippen MR) is 65.4 cm³/mol. The second-order valence-electron chi connectivity index (χ2n) is 3.90. The largest absolute Gasteiger partial charge is 0.323 e. The van der Waals surface area contributed by atoms with Crippen molar-refractivity contribution in [2.45, 2.75) is 25.8 Å². The zero-order chi connectivity index (χ0) is 11.4. The SMILES string of the molecule is CCCC(N)c1ccnn1-c1ccccc1. The Balaban J connectivity index is 2.33. The minimum Gasteiger partial charge on any atom is -0.323 e. The zero-order valence-electron chi connectivity index (χ0n) is 9.50. The van der Waals surface area contributed by atoms with Gasteiger partial charge in [0.05, 0.1) is 11.4 Å². The van der Waals surface area contributed by atoms with Gasteiger partial charge in [-0.1, -0.05) is 31.5 Å². The minimum atomic E-state index is 0.0627. The molecular formula is C13H17N3. The Kier molecular flexibility index (Phi) is 3.37. The van der Waals surface area contributed by atoms with Crippen LogP contribution in [0.5, 0.6) is 0 Å². The summed E-state index contributed by atoms with van der Waals surface area (Å²) in [5.74, 6) is 0. The Hall–Kier alpha value is -1.61. The molecule has 0 aliphatic rings. The standard InChI is InChI=1S/C13H17N3/c1-2-6-12(14)13-9-10-15-16(13)11-7-4-3-5-8-11/h3-5,7-10,12H,2,6,14H2,1H3. The molecule has 1 aromatic heterocycles. The highest BCUT2D eigenvalue weighted by Gasteiger charge is 2.11. The smallest absolute Gasteiger partial charge is 0.0649 e. The van der Waals surface area contributed by atoms with Gasteiger partial charge >= 0.3 is 0 Å². The van der Waals surface area contributed by atoms with E-state index < -0.39 is 0 Å². The van der Waals surface area contributed by atoms with Gasteiger partial charge in [-0.25, -0.2) is 4.68 Å². The number of rotatable bonds is 4. The van der Waals surface area contributed by atoms with Gasteiger partial charge in [0.1, 0.15) is 0 Å². The van der Waals surface area contributed by atoms with Crippen LogP contribution in [-0.4, -0.2) is 9.78 Å². The second-order valence-corrected chi connectivity index (χ2v) is 3.90. The molecule has 84 valence electrons. The number of nitrogens with two attached hydrogens (primary N) is 1. The molecule has 0 saturated heterocycles. The lowest BCUT2D eigenvalue weighted by atomic mass is 10.1. The zero-order valence-corrected chi connectivity index (χ0v) is 9.50. The molecule has 16 heavy (non-hydrogen) atoms. The summed E-state index contributed by atoms with van der Waals surface area (Å²) >= 11 is 0. The third-order valence-electron chi connectivity index (χ3n) is 2.65. The van der Waals surface area contributed by atoms with E-state index in [0.717, 1.165) is 24.2 Å². The van der Waals surface area contributed by atoms with Crippen molar-refractivity contribution >= 4 is 0 Å². The van der Waals surface area contributed by atoms with E-state index in [1.807, 2.05) is 41.1 Å². The average Bonchev–Trinajstić information content (AvgIpc) is 2.79. The maximum absolute atomic E-state index is 6.13. The monoisotopic (exact) mass is 215 g/mol.